The molecule has 1 unspecified atom stereocenters. The molecule has 10 heteroatoms. The van der Waals surface area contributed by atoms with Crippen molar-refractivity contribution in [3.63, 3.8) is 0 Å². The summed E-state index contributed by atoms with van der Waals surface area (Å²) in [6.45, 7) is 3.41. The van der Waals surface area contributed by atoms with Crippen molar-refractivity contribution in [1.29, 1.82) is 0 Å². The van der Waals surface area contributed by atoms with Gasteiger partial charge in [-0.1, -0.05) is 6.07 Å². The highest BCUT2D eigenvalue weighted by molar-refractivity contribution is 5.99. The third kappa shape index (κ3) is 6.04. The molecule has 178 valence electrons. The Hall–Kier alpha value is -3.53. The van der Waals surface area contributed by atoms with Crippen molar-refractivity contribution in [3.8, 4) is 23.0 Å². The van der Waals surface area contributed by atoms with Gasteiger partial charge in [-0.2, -0.15) is 0 Å². The Balaban J connectivity index is 1.71. The summed E-state index contributed by atoms with van der Waals surface area (Å²) in [4.78, 5) is 23.7. The Morgan fingerprint density at radius 1 is 1.12 bits per heavy atom. The summed E-state index contributed by atoms with van der Waals surface area (Å²) in [5, 5.41) is 14.2. The van der Waals surface area contributed by atoms with Gasteiger partial charge in [0.1, 0.15) is 12.2 Å². The second-order valence-corrected chi connectivity index (χ2v) is 7.32. The van der Waals surface area contributed by atoms with Crippen molar-refractivity contribution >= 4 is 11.6 Å². The standard InChI is InChI=1S/C23H28N2O8/c1-4-31-22-11-17(18(25(27)28)12-21(22)30-3)23(26)24-13-15-7-8-19(20(10-15)29-2)33-14-16-6-5-9-32-16/h7-8,10-12,16H,4-6,9,13-14H2,1-3H3,(H,24,26). The second kappa shape index (κ2) is 11.4. The molecule has 0 radical (unpaired) electrons. The van der Waals surface area contributed by atoms with Crippen LogP contribution >= 0.6 is 0 Å². The van der Waals surface area contributed by atoms with Gasteiger partial charge in [-0.05, 0) is 37.5 Å². The van der Waals surface area contributed by atoms with E-state index in [9.17, 15) is 14.9 Å². The molecule has 1 fully saturated rings. The molecule has 0 spiro atoms. The van der Waals surface area contributed by atoms with Gasteiger partial charge in [0, 0.05) is 19.2 Å². The van der Waals surface area contributed by atoms with Crippen molar-refractivity contribution in [2.24, 2.45) is 0 Å². The molecule has 1 aliphatic heterocycles. The molecule has 1 N–H and O–H groups in total. The van der Waals surface area contributed by atoms with E-state index in [0.717, 1.165) is 25.0 Å². The van der Waals surface area contributed by atoms with Gasteiger partial charge >= 0.3 is 0 Å². The number of ether oxygens (including phenoxy) is 5. The number of nitrogens with one attached hydrogen (secondary N) is 1. The van der Waals surface area contributed by atoms with Gasteiger partial charge in [-0.15, -0.1) is 0 Å². The summed E-state index contributed by atoms with van der Waals surface area (Å²) >= 11 is 0. The quantitative estimate of drug-likeness (QED) is 0.400. The van der Waals surface area contributed by atoms with Crippen LogP contribution in [0.4, 0.5) is 5.69 Å². The van der Waals surface area contributed by atoms with Crippen LogP contribution in [0.2, 0.25) is 0 Å². The van der Waals surface area contributed by atoms with Crippen LogP contribution in [-0.2, 0) is 11.3 Å². The number of nitrogens with zero attached hydrogens (tertiary/aromatic N) is 1. The molecule has 1 amide bonds. The molecule has 2 aromatic carbocycles. The van der Waals surface area contributed by atoms with E-state index in [4.69, 9.17) is 23.7 Å². The Labute approximate surface area is 191 Å². The first kappa shape index (κ1) is 24.1. The molecular formula is C23H28N2O8. The molecule has 1 heterocycles. The first-order valence-corrected chi connectivity index (χ1v) is 10.7. The van der Waals surface area contributed by atoms with Gasteiger partial charge in [-0.25, -0.2) is 0 Å². The van der Waals surface area contributed by atoms with Gasteiger partial charge in [0.05, 0.1) is 37.9 Å². The average molecular weight is 460 g/mol. The lowest BCUT2D eigenvalue weighted by molar-refractivity contribution is -0.385. The molecule has 0 aliphatic carbocycles. The number of hydrogen-bond donors (Lipinski definition) is 1. The Morgan fingerprint density at radius 3 is 2.52 bits per heavy atom. The number of amides is 1. The minimum absolute atomic E-state index is 0.0792. The topological polar surface area (TPSA) is 118 Å². The lowest BCUT2D eigenvalue weighted by Crippen LogP contribution is -2.24. The molecule has 0 saturated carbocycles. The van der Waals surface area contributed by atoms with Crippen LogP contribution in [0.5, 0.6) is 23.0 Å². The molecule has 0 bridgehead atoms. The predicted octanol–water partition coefficient (Wildman–Crippen LogP) is 3.50. The maximum atomic E-state index is 12.8. The van der Waals surface area contributed by atoms with E-state index in [0.29, 0.717) is 24.7 Å². The Bertz CT molecular complexity index is 989. The van der Waals surface area contributed by atoms with Crippen LogP contribution in [0.25, 0.3) is 0 Å². The summed E-state index contributed by atoms with van der Waals surface area (Å²) in [7, 11) is 2.91. The van der Waals surface area contributed by atoms with Crippen molar-refractivity contribution < 1.29 is 33.4 Å². The smallest absolute Gasteiger partial charge is 0.286 e. The van der Waals surface area contributed by atoms with Gasteiger partial charge in [0.25, 0.3) is 11.6 Å². The predicted molar refractivity (Wildman–Crippen MR) is 119 cm³/mol. The van der Waals surface area contributed by atoms with E-state index in [1.165, 1.54) is 26.4 Å². The summed E-state index contributed by atoms with van der Waals surface area (Å²) in [5.41, 5.74) is 0.252. The van der Waals surface area contributed by atoms with Crippen molar-refractivity contribution in [2.45, 2.75) is 32.4 Å². The van der Waals surface area contributed by atoms with E-state index >= 15 is 0 Å². The number of carbonyl (C=O) groups excluding carboxylic acids is 1. The molecule has 33 heavy (non-hydrogen) atoms. The number of methoxy groups -OCH3 is 2. The molecule has 0 aromatic heterocycles. The lowest BCUT2D eigenvalue weighted by atomic mass is 10.1. The molecule has 10 nitrogen and oxygen atoms in total. The largest absolute Gasteiger partial charge is 0.493 e. The fourth-order valence-electron chi connectivity index (χ4n) is 3.49. The third-order valence-corrected chi connectivity index (χ3v) is 5.15. The fourth-order valence-corrected chi connectivity index (χ4v) is 3.49. The summed E-state index contributed by atoms with van der Waals surface area (Å²) in [6.07, 6.45) is 2.08. The molecule has 3 rings (SSSR count). The number of carbonyl (C=O) groups is 1. The monoisotopic (exact) mass is 460 g/mol. The van der Waals surface area contributed by atoms with Crippen molar-refractivity contribution in [2.75, 3.05) is 34.0 Å². The van der Waals surface area contributed by atoms with Crippen molar-refractivity contribution in [3.05, 3.63) is 51.6 Å². The molecule has 1 aliphatic rings. The zero-order valence-electron chi connectivity index (χ0n) is 18.9. The number of benzene rings is 2. The van der Waals surface area contributed by atoms with E-state index in [-0.39, 0.29) is 35.4 Å². The van der Waals surface area contributed by atoms with Crippen LogP contribution in [0, 0.1) is 10.1 Å². The second-order valence-electron chi connectivity index (χ2n) is 7.32. The summed E-state index contributed by atoms with van der Waals surface area (Å²) in [6, 6.07) is 7.81. The number of nitro groups is 1. The lowest BCUT2D eigenvalue weighted by Gasteiger charge is -2.15. The first-order valence-electron chi connectivity index (χ1n) is 10.7. The Morgan fingerprint density at radius 2 is 1.88 bits per heavy atom. The maximum Gasteiger partial charge on any atom is 0.286 e. The zero-order chi connectivity index (χ0) is 23.8. The highest BCUT2D eigenvalue weighted by Gasteiger charge is 2.25. The van der Waals surface area contributed by atoms with Crippen LogP contribution in [-0.4, -0.2) is 51.0 Å². The van der Waals surface area contributed by atoms with E-state index in [1.807, 2.05) is 0 Å². The number of hydrogen-bond acceptors (Lipinski definition) is 8. The van der Waals surface area contributed by atoms with E-state index in [1.54, 1.807) is 25.1 Å². The zero-order valence-corrected chi connectivity index (χ0v) is 18.9. The van der Waals surface area contributed by atoms with Crippen LogP contribution < -0.4 is 24.3 Å². The molecule has 2 aromatic rings. The van der Waals surface area contributed by atoms with Crippen LogP contribution in [0.15, 0.2) is 30.3 Å². The number of rotatable bonds is 11. The summed E-state index contributed by atoms with van der Waals surface area (Å²) in [5.74, 6) is 0.931. The van der Waals surface area contributed by atoms with E-state index in [2.05, 4.69) is 5.32 Å². The van der Waals surface area contributed by atoms with Gasteiger partial charge in [0.2, 0.25) is 0 Å². The third-order valence-electron chi connectivity index (χ3n) is 5.15. The average Bonchev–Trinajstić information content (AvgIpc) is 3.34. The minimum Gasteiger partial charge on any atom is -0.493 e. The fraction of sp³-hybridized carbons (Fsp3) is 0.435. The van der Waals surface area contributed by atoms with Gasteiger partial charge in [0.15, 0.2) is 23.0 Å². The molecular weight excluding hydrogens is 432 g/mol. The number of nitro benzene ring substituents is 1. The van der Waals surface area contributed by atoms with Crippen molar-refractivity contribution in [1.82, 2.24) is 5.32 Å². The first-order chi connectivity index (χ1) is 16.0. The maximum absolute atomic E-state index is 12.8. The van der Waals surface area contributed by atoms with Gasteiger partial charge in [-0.3, -0.25) is 14.9 Å². The normalized spacial score (nSPS) is 15.1. The molecule has 1 atom stereocenters. The van der Waals surface area contributed by atoms with Gasteiger partial charge < -0.3 is 29.0 Å². The molecule has 1 saturated heterocycles. The van der Waals surface area contributed by atoms with Crippen LogP contribution in [0.1, 0.15) is 35.7 Å². The summed E-state index contributed by atoms with van der Waals surface area (Å²) < 4.78 is 27.4. The Kier molecular flexibility index (Phi) is 8.31. The SMILES string of the molecule is CCOc1cc(C(=O)NCc2ccc(OCC3CCCO3)c(OC)c2)c([N+](=O)[O-])cc1OC. The highest BCUT2D eigenvalue weighted by atomic mass is 16.6. The van der Waals surface area contributed by atoms with E-state index < -0.39 is 10.8 Å². The highest BCUT2D eigenvalue weighted by Crippen LogP contribution is 2.35. The minimum atomic E-state index is -0.629. The van der Waals surface area contributed by atoms with Crippen LogP contribution in [0.3, 0.4) is 0 Å².